The molecule has 0 unspecified atom stereocenters. The van der Waals surface area contributed by atoms with Gasteiger partial charge in [0.15, 0.2) is 0 Å². The van der Waals surface area contributed by atoms with Gasteiger partial charge in [0.25, 0.3) is 0 Å². The lowest BCUT2D eigenvalue weighted by molar-refractivity contribution is -0.488. The summed E-state index contributed by atoms with van der Waals surface area (Å²) in [6.45, 7) is -2.85. The number of rotatable bonds is 0. The summed E-state index contributed by atoms with van der Waals surface area (Å²) in [5.41, 5.74) is 0. The molecule has 1 heterocycles. The lowest BCUT2D eigenvalue weighted by atomic mass is 14.5. The smallest absolute Gasteiger partial charge is 0.321 e. The van der Waals surface area contributed by atoms with Gasteiger partial charge in [0.1, 0.15) is 0 Å². The Bertz CT molecular complexity index is 89.7. The molecule has 0 aromatic rings. The first-order valence-electron chi connectivity index (χ1n) is 1.08. The number of hydrogen-bond donors (Lipinski definition) is 1. The standard InChI is InChI=1S/HO4PS/c1-5(6)3-2-4-5/h(H,1,6). The monoisotopic (exact) mass is 128 g/mol. The lowest BCUT2D eigenvalue weighted by Gasteiger charge is -2.17. The number of hydrogen-bond acceptors (Lipinski definition) is 4. The van der Waals surface area contributed by atoms with E-state index in [0.29, 0.717) is 0 Å². The molecule has 0 aromatic heterocycles. The van der Waals surface area contributed by atoms with E-state index in [1.807, 2.05) is 0 Å². The van der Waals surface area contributed by atoms with Gasteiger partial charge in [-0.15, -0.1) is 9.35 Å². The van der Waals surface area contributed by atoms with Gasteiger partial charge in [-0.25, -0.2) is 0 Å². The van der Waals surface area contributed by atoms with Crippen LogP contribution in [0.2, 0.25) is 0 Å². The Morgan fingerprint density at radius 2 is 1.83 bits per heavy atom. The van der Waals surface area contributed by atoms with Gasteiger partial charge in [0.05, 0.1) is 0 Å². The zero-order valence-corrected chi connectivity index (χ0v) is 4.24. The maximum Gasteiger partial charge on any atom is 0.386 e. The van der Waals surface area contributed by atoms with Gasteiger partial charge < -0.3 is 4.89 Å². The van der Waals surface area contributed by atoms with E-state index in [-0.39, 0.29) is 0 Å². The molecule has 0 amide bonds. The normalized spacial score (nSPS) is 28.8. The maximum absolute atomic E-state index is 8.27. The first kappa shape index (κ1) is 4.64. The molecule has 1 aliphatic heterocycles. The Hall–Kier alpha value is 0.490. The largest absolute Gasteiger partial charge is 0.386 e. The minimum absolute atomic E-state index is 2.85. The quantitative estimate of drug-likeness (QED) is 0.370. The van der Waals surface area contributed by atoms with Crippen molar-refractivity contribution in [3.8, 4) is 0 Å². The van der Waals surface area contributed by atoms with E-state index in [2.05, 4.69) is 26.2 Å². The van der Waals surface area contributed by atoms with Crippen LogP contribution in [-0.2, 0) is 26.2 Å². The Balaban J connectivity index is 2.53. The predicted molar refractivity (Wildman–Crippen MR) is 19.8 cm³/mol. The molecule has 0 aromatic carbocycles. The van der Waals surface area contributed by atoms with Gasteiger partial charge in [0, 0.05) is 0 Å². The van der Waals surface area contributed by atoms with E-state index in [9.17, 15) is 0 Å². The Morgan fingerprint density at radius 3 is 1.83 bits per heavy atom. The summed E-state index contributed by atoms with van der Waals surface area (Å²) in [5.74, 6) is 0. The molecule has 1 N–H and O–H groups in total. The third kappa shape index (κ3) is 0.759. The van der Waals surface area contributed by atoms with Crippen molar-refractivity contribution in [2.45, 2.75) is 0 Å². The van der Waals surface area contributed by atoms with E-state index in [0.717, 1.165) is 0 Å². The second kappa shape index (κ2) is 1.23. The zero-order valence-electron chi connectivity index (χ0n) is 2.53. The molecular formula is HO4PS. The van der Waals surface area contributed by atoms with E-state index >= 15 is 0 Å². The van der Waals surface area contributed by atoms with E-state index in [1.54, 1.807) is 0 Å². The molecule has 1 fully saturated rings. The van der Waals surface area contributed by atoms with Crippen molar-refractivity contribution in [1.29, 1.82) is 0 Å². The molecule has 0 bridgehead atoms. The SMILES string of the molecule is OP1(=S)OOO1. The van der Waals surface area contributed by atoms with Crippen LogP contribution in [-0.4, -0.2) is 4.89 Å². The van der Waals surface area contributed by atoms with Gasteiger partial charge in [-0.3, -0.25) is 0 Å². The second-order valence-corrected chi connectivity index (χ2v) is 3.31. The highest BCUT2D eigenvalue weighted by Gasteiger charge is 2.29. The van der Waals surface area contributed by atoms with Crippen molar-refractivity contribution in [2.75, 3.05) is 0 Å². The molecule has 0 saturated carbocycles. The maximum atomic E-state index is 8.27. The predicted octanol–water partition coefficient (Wildman–Crippen LogP) is 0.0966. The molecule has 6 heteroatoms. The Labute approximate surface area is 38.7 Å². The van der Waals surface area contributed by atoms with Crippen molar-refractivity contribution < 1.29 is 19.3 Å². The van der Waals surface area contributed by atoms with Gasteiger partial charge in [-0.05, 0) is 11.8 Å². The Kier molecular flexibility index (Phi) is 0.951. The summed E-state index contributed by atoms with van der Waals surface area (Å²) in [7, 11) is 0. The fourth-order valence-electron chi connectivity index (χ4n) is 0.0825. The Morgan fingerprint density at radius 1 is 1.50 bits per heavy atom. The highest BCUT2D eigenvalue weighted by molar-refractivity contribution is 8.07. The third-order valence-electron chi connectivity index (χ3n) is 0.249. The second-order valence-electron chi connectivity index (χ2n) is 0.686. The summed E-state index contributed by atoms with van der Waals surface area (Å²) < 4.78 is 7.75. The van der Waals surface area contributed by atoms with Crippen LogP contribution in [0, 0.1) is 0 Å². The van der Waals surface area contributed by atoms with Crippen LogP contribution >= 0.6 is 6.72 Å². The van der Waals surface area contributed by atoms with Crippen molar-refractivity contribution in [3.05, 3.63) is 0 Å². The molecule has 6 heavy (non-hydrogen) atoms. The van der Waals surface area contributed by atoms with E-state index < -0.39 is 6.72 Å². The third-order valence-corrected chi connectivity index (χ3v) is 1.11. The molecule has 4 nitrogen and oxygen atoms in total. The van der Waals surface area contributed by atoms with Gasteiger partial charge in [-0.1, -0.05) is 5.04 Å². The zero-order chi connectivity index (χ0) is 4.62. The van der Waals surface area contributed by atoms with Crippen LogP contribution in [0.15, 0.2) is 0 Å². The molecule has 1 saturated heterocycles. The molecule has 0 spiro atoms. The van der Waals surface area contributed by atoms with Crippen LogP contribution in [0.25, 0.3) is 0 Å². The fourth-order valence-corrected chi connectivity index (χ4v) is 0.397. The summed E-state index contributed by atoms with van der Waals surface area (Å²) in [4.78, 5) is 8.27. The van der Waals surface area contributed by atoms with Crippen LogP contribution < -0.4 is 0 Å². The first-order valence-corrected chi connectivity index (χ1v) is 3.67. The van der Waals surface area contributed by atoms with Crippen molar-refractivity contribution >= 4 is 18.5 Å². The van der Waals surface area contributed by atoms with Crippen LogP contribution in [0.5, 0.6) is 0 Å². The summed E-state index contributed by atoms with van der Waals surface area (Å²) >= 11 is 4.17. The first-order chi connectivity index (χ1) is 2.71. The highest BCUT2D eigenvalue weighted by atomic mass is 32.5. The minimum Gasteiger partial charge on any atom is -0.321 e. The molecule has 0 aliphatic carbocycles. The van der Waals surface area contributed by atoms with Crippen molar-refractivity contribution in [1.82, 2.24) is 0 Å². The van der Waals surface area contributed by atoms with Gasteiger partial charge in [0.2, 0.25) is 0 Å². The molecular weight excluding hydrogens is 127 g/mol. The van der Waals surface area contributed by atoms with Gasteiger partial charge in [-0.2, -0.15) is 0 Å². The highest BCUT2D eigenvalue weighted by Crippen LogP contribution is 2.52. The molecule has 1 aliphatic rings. The summed E-state index contributed by atoms with van der Waals surface area (Å²) in [5, 5.41) is 3.63. The van der Waals surface area contributed by atoms with Crippen molar-refractivity contribution in [3.63, 3.8) is 0 Å². The molecule has 0 radical (unpaired) electrons. The average molecular weight is 128 g/mol. The molecule has 36 valence electrons. The topological polar surface area (TPSA) is 47.9 Å². The van der Waals surface area contributed by atoms with E-state index in [4.69, 9.17) is 4.89 Å². The summed E-state index contributed by atoms with van der Waals surface area (Å²) in [6, 6.07) is 0. The van der Waals surface area contributed by atoms with Crippen LogP contribution in [0.4, 0.5) is 0 Å². The fraction of sp³-hybridized carbons (Fsp3) is 0. The average Bonchev–Trinajstić information content (AvgIpc) is 1.32. The van der Waals surface area contributed by atoms with Crippen LogP contribution in [0.3, 0.4) is 0 Å². The lowest BCUT2D eigenvalue weighted by Crippen LogP contribution is -2.04. The van der Waals surface area contributed by atoms with Gasteiger partial charge >= 0.3 is 6.72 Å². The van der Waals surface area contributed by atoms with E-state index in [1.165, 1.54) is 0 Å². The van der Waals surface area contributed by atoms with Crippen LogP contribution in [0.1, 0.15) is 0 Å². The molecule has 1 rings (SSSR count). The molecule has 0 atom stereocenters. The minimum atomic E-state index is -2.85. The van der Waals surface area contributed by atoms with Crippen molar-refractivity contribution in [2.24, 2.45) is 0 Å². The summed E-state index contributed by atoms with van der Waals surface area (Å²) in [6.07, 6.45) is 0.